The van der Waals surface area contributed by atoms with Gasteiger partial charge in [-0.05, 0) is 71.1 Å². The van der Waals surface area contributed by atoms with E-state index >= 15 is 0 Å². The van der Waals surface area contributed by atoms with Gasteiger partial charge in [0.15, 0.2) is 6.73 Å². The number of halogens is 1. The van der Waals surface area contributed by atoms with E-state index in [4.69, 9.17) is 16.3 Å². The Labute approximate surface area is 165 Å². The number of anilines is 1. The molecule has 0 radical (unpaired) electrons. The lowest BCUT2D eigenvalue weighted by Gasteiger charge is -2.59. The van der Waals surface area contributed by atoms with Gasteiger partial charge in [-0.15, -0.1) is 11.6 Å². The molecule has 0 aliphatic heterocycles. The molecule has 1 aromatic rings. The maximum Gasteiger partial charge on any atom is 0.313 e. The summed E-state index contributed by atoms with van der Waals surface area (Å²) < 4.78 is 6.77. The molecule has 27 heavy (non-hydrogen) atoms. The molecule has 1 aromatic heterocycles. The Morgan fingerprint density at radius 2 is 1.96 bits per heavy atom. The van der Waals surface area contributed by atoms with Gasteiger partial charge in [-0.25, -0.2) is 4.68 Å². The molecule has 6 nitrogen and oxygen atoms in total. The Bertz CT molecular complexity index is 753. The average molecular weight is 394 g/mol. The molecule has 4 aliphatic rings. The van der Waals surface area contributed by atoms with Crippen molar-refractivity contribution in [2.75, 3.05) is 5.32 Å². The van der Waals surface area contributed by atoms with Crippen molar-refractivity contribution < 1.29 is 14.3 Å². The summed E-state index contributed by atoms with van der Waals surface area (Å²) in [6.45, 7) is 5.45. The Kier molecular flexibility index (Phi) is 4.33. The fourth-order valence-electron chi connectivity index (χ4n) is 5.52. The van der Waals surface area contributed by atoms with Crippen molar-refractivity contribution >= 4 is 29.2 Å². The van der Waals surface area contributed by atoms with E-state index in [-0.39, 0.29) is 28.9 Å². The third kappa shape index (κ3) is 3.60. The molecule has 4 aliphatic carbocycles. The van der Waals surface area contributed by atoms with Gasteiger partial charge in [-0.1, -0.05) is 0 Å². The highest BCUT2D eigenvalue weighted by molar-refractivity contribution is 6.24. The van der Waals surface area contributed by atoms with E-state index in [1.165, 1.54) is 11.1 Å². The zero-order valence-electron chi connectivity index (χ0n) is 16.3. The fourth-order valence-corrected chi connectivity index (χ4v) is 6.21. The number of hydrogen-bond acceptors (Lipinski definition) is 4. The minimum Gasteiger partial charge on any atom is -0.442 e. The summed E-state index contributed by atoms with van der Waals surface area (Å²) in [5, 5.41) is 7.21. The largest absolute Gasteiger partial charge is 0.442 e. The van der Waals surface area contributed by atoms with Crippen molar-refractivity contribution in [3.63, 3.8) is 0 Å². The van der Waals surface area contributed by atoms with Gasteiger partial charge in [0.1, 0.15) is 0 Å². The monoisotopic (exact) mass is 393 g/mol. The lowest BCUT2D eigenvalue weighted by atomic mass is 9.49. The first-order chi connectivity index (χ1) is 12.6. The second-order valence-electron chi connectivity index (χ2n) is 9.93. The molecule has 1 N–H and O–H groups in total. The predicted octanol–water partition coefficient (Wildman–Crippen LogP) is 3.95. The van der Waals surface area contributed by atoms with E-state index in [2.05, 4.69) is 10.4 Å². The molecule has 0 saturated heterocycles. The Morgan fingerprint density at radius 3 is 2.56 bits per heavy atom. The number of carbonyl (C=O) groups excluding carboxylic acids is 2. The highest BCUT2D eigenvalue weighted by Crippen LogP contribution is 2.64. The van der Waals surface area contributed by atoms with E-state index < -0.39 is 5.41 Å². The number of nitrogens with one attached hydrogen (secondary N) is 1. The lowest BCUT2D eigenvalue weighted by Crippen LogP contribution is -2.57. The number of hydrogen-bond donors (Lipinski definition) is 1. The van der Waals surface area contributed by atoms with Crippen LogP contribution in [0.5, 0.6) is 0 Å². The summed E-state index contributed by atoms with van der Waals surface area (Å²) >= 11 is 6.83. The smallest absolute Gasteiger partial charge is 0.313 e. The second-order valence-corrected chi connectivity index (χ2v) is 10.7. The van der Waals surface area contributed by atoms with Gasteiger partial charge in [0.2, 0.25) is 5.91 Å². The number of esters is 1. The molecule has 5 rings (SSSR count). The number of rotatable bonds is 4. The maximum atomic E-state index is 13.1. The van der Waals surface area contributed by atoms with Crippen molar-refractivity contribution in [2.24, 2.45) is 22.7 Å². The zero-order valence-corrected chi connectivity index (χ0v) is 17.0. The average Bonchev–Trinajstić information content (AvgIpc) is 2.96. The molecule has 0 spiro atoms. The molecule has 1 heterocycles. The highest BCUT2D eigenvalue weighted by atomic mass is 35.5. The standard InChI is InChI=1S/C20H28ClN3O3/c1-18(2,3)17(26)27-12-24-10-15(9-22-24)23-16(25)19-5-13-4-14(6-19)8-20(21,7-13)11-19/h9-10,13-14H,4-8,11-12H2,1-3H3,(H,23,25)/t13-,14+,19?,20?. The van der Waals surface area contributed by atoms with Crippen molar-refractivity contribution in [3.05, 3.63) is 12.4 Å². The van der Waals surface area contributed by atoms with Gasteiger partial charge in [0.05, 0.1) is 28.9 Å². The molecule has 2 unspecified atom stereocenters. The summed E-state index contributed by atoms with van der Waals surface area (Å²) in [6.07, 6.45) is 9.29. The molecule has 4 fully saturated rings. The van der Waals surface area contributed by atoms with Crippen LogP contribution in [0.4, 0.5) is 5.69 Å². The molecular weight excluding hydrogens is 366 g/mol. The molecule has 0 aromatic carbocycles. The Balaban J connectivity index is 1.39. The maximum absolute atomic E-state index is 13.1. The van der Waals surface area contributed by atoms with Crippen LogP contribution >= 0.6 is 11.6 Å². The van der Waals surface area contributed by atoms with Crippen LogP contribution in [0, 0.1) is 22.7 Å². The normalized spacial score (nSPS) is 34.5. The summed E-state index contributed by atoms with van der Waals surface area (Å²) in [5.74, 6) is 0.931. The van der Waals surface area contributed by atoms with Gasteiger partial charge in [-0.3, -0.25) is 9.59 Å². The minimum atomic E-state index is -0.555. The Hall–Kier alpha value is -1.56. The zero-order chi connectivity index (χ0) is 19.4. The van der Waals surface area contributed by atoms with Gasteiger partial charge in [0.25, 0.3) is 0 Å². The number of carbonyl (C=O) groups is 2. The lowest BCUT2D eigenvalue weighted by molar-refractivity contribution is -0.157. The number of amides is 1. The van der Waals surface area contributed by atoms with Crippen LogP contribution in [0.2, 0.25) is 0 Å². The first-order valence-electron chi connectivity index (χ1n) is 9.77. The summed E-state index contributed by atoms with van der Waals surface area (Å²) in [4.78, 5) is 24.8. The van der Waals surface area contributed by atoms with Crippen LogP contribution in [0.3, 0.4) is 0 Å². The van der Waals surface area contributed by atoms with Crippen molar-refractivity contribution in [3.8, 4) is 0 Å². The molecule has 7 heteroatoms. The summed E-state index contributed by atoms with van der Waals surface area (Å²) in [6, 6.07) is 0. The van der Waals surface area contributed by atoms with Crippen LogP contribution in [-0.4, -0.2) is 26.5 Å². The van der Waals surface area contributed by atoms with E-state index in [0.29, 0.717) is 17.5 Å². The van der Waals surface area contributed by atoms with E-state index in [1.54, 1.807) is 33.2 Å². The molecule has 148 valence electrons. The van der Waals surface area contributed by atoms with Gasteiger partial charge in [-0.2, -0.15) is 5.10 Å². The Morgan fingerprint density at radius 1 is 1.30 bits per heavy atom. The number of alkyl halides is 1. The quantitative estimate of drug-likeness (QED) is 0.621. The molecular formula is C20H28ClN3O3. The SMILES string of the molecule is CC(C)(C)C(=O)OCn1cc(NC(=O)C23C[C@@H]4C[C@@H](CC(Cl)(C4)C2)C3)cn1. The fraction of sp³-hybridized carbons (Fsp3) is 0.750. The predicted molar refractivity (Wildman–Crippen MR) is 102 cm³/mol. The molecule has 4 bridgehead atoms. The third-order valence-electron chi connectivity index (χ3n) is 6.30. The van der Waals surface area contributed by atoms with Gasteiger partial charge < -0.3 is 10.1 Å². The number of ether oxygens (including phenoxy) is 1. The minimum absolute atomic E-state index is 0.0338. The van der Waals surface area contributed by atoms with Crippen molar-refractivity contribution in [1.82, 2.24) is 9.78 Å². The topological polar surface area (TPSA) is 73.2 Å². The van der Waals surface area contributed by atoms with Crippen LogP contribution < -0.4 is 5.32 Å². The van der Waals surface area contributed by atoms with Crippen LogP contribution in [0.15, 0.2) is 12.4 Å². The molecule has 4 atom stereocenters. The highest BCUT2D eigenvalue weighted by Gasteiger charge is 2.60. The van der Waals surface area contributed by atoms with Crippen molar-refractivity contribution in [2.45, 2.75) is 70.9 Å². The van der Waals surface area contributed by atoms with E-state index in [1.807, 2.05) is 0 Å². The number of aromatic nitrogens is 2. The first kappa shape index (κ1) is 18.8. The van der Waals surface area contributed by atoms with Crippen LogP contribution in [0.25, 0.3) is 0 Å². The third-order valence-corrected chi connectivity index (χ3v) is 6.75. The van der Waals surface area contributed by atoms with Gasteiger partial charge in [0, 0.05) is 4.87 Å². The molecule has 4 saturated carbocycles. The van der Waals surface area contributed by atoms with Crippen molar-refractivity contribution in [1.29, 1.82) is 0 Å². The second kappa shape index (κ2) is 6.23. The van der Waals surface area contributed by atoms with E-state index in [0.717, 1.165) is 32.1 Å². The summed E-state index contributed by atoms with van der Waals surface area (Å²) in [5.41, 5.74) is -0.265. The van der Waals surface area contributed by atoms with E-state index in [9.17, 15) is 9.59 Å². The number of nitrogens with zero attached hydrogens (tertiary/aromatic N) is 2. The van der Waals surface area contributed by atoms with Gasteiger partial charge >= 0.3 is 5.97 Å². The molecule has 1 amide bonds. The van der Waals surface area contributed by atoms with Crippen LogP contribution in [0.1, 0.15) is 59.3 Å². The summed E-state index contributed by atoms with van der Waals surface area (Å²) in [7, 11) is 0. The van der Waals surface area contributed by atoms with Crippen LogP contribution in [-0.2, 0) is 21.1 Å². The first-order valence-corrected chi connectivity index (χ1v) is 10.1.